The predicted molar refractivity (Wildman–Crippen MR) is 161 cm³/mol. The predicted octanol–water partition coefficient (Wildman–Crippen LogP) is 3.34. The fourth-order valence-electron chi connectivity index (χ4n) is 6.16. The Kier molecular flexibility index (Phi) is 10.7. The summed E-state index contributed by atoms with van der Waals surface area (Å²) in [5, 5.41) is 16.7. The lowest BCUT2D eigenvalue weighted by Crippen LogP contribution is -2.56. The van der Waals surface area contributed by atoms with Crippen LogP contribution in [0.15, 0.2) is 35.9 Å². The maximum atomic E-state index is 12.8. The van der Waals surface area contributed by atoms with E-state index in [0.29, 0.717) is 31.7 Å². The minimum Gasteiger partial charge on any atom is -0.481 e. The number of anilines is 1. The fraction of sp³-hybridized carbons (Fsp3) is 0.625. The second-order valence-electron chi connectivity index (χ2n) is 12.4. The fourth-order valence-corrected chi connectivity index (χ4v) is 6.16. The number of amides is 3. The minimum absolute atomic E-state index is 0.0442. The molecule has 242 valence electrons. The van der Waals surface area contributed by atoms with Crippen LogP contribution in [0.3, 0.4) is 0 Å². The molecule has 1 aromatic rings. The quantitative estimate of drug-likeness (QED) is 0.181. The Morgan fingerprint density at radius 3 is 2.48 bits per heavy atom. The number of allylic oxidation sites excluding steroid dienone is 1. The average Bonchev–Trinajstić information content (AvgIpc) is 3.89. The molecular weight excluding hydrogens is 570 g/mol. The number of carboxylic acid groups (broad SMARTS) is 1. The van der Waals surface area contributed by atoms with Gasteiger partial charge in [-0.1, -0.05) is 23.8 Å². The number of rotatable bonds is 14. The third-order valence-corrected chi connectivity index (χ3v) is 8.74. The van der Waals surface area contributed by atoms with Crippen LogP contribution < -0.4 is 16.0 Å². The SMILES string of the molecule is CO[C@@H]1[C@H](OC(=O)NCCc2ccc(NC(=O)[C@H](C)NC(=O)CCC(=O)O)cc2)CCC2(CO2)[C@H]1[C@]1(C)OC1CC=C(C)C. The van der Waals surface area contributed by atoms with E-state index in [2.05, 4.69) is 42.8 Å². The molecule has 4 rings (SSSR count). The van der Waals surface area contributed by atoms with Gasteiger partial charge in [0.1, 0.15) is 29.5 Å². The number of nitrogens with one attached hydrogen (secondary N) is 3. The number of aliphatic carboxylic acids is 1. The number of epoxide rings is 2. The first-order chi connectivity index (χ1) is 20.9. The van der Waals surface area contributed by atoms with Crippen molar-refractivity contribution in [2.45, 2.75) is 102 Å². The van der Waals surface area contributed by atoms with Crippen LogP contribution in [0.5, 0.6) is 0 Å². The molecule has 2 unspecified atom stereocenters. The number of hydrogen-bond donors (Lipinski definition) is 4. The Morgan fingerprint density at radius 2 is 1.86 bits per heavy atom. The lowest BCUT2D eigenvalue weighted by Gasteiger charge is -2.42. The Morgan fingerprint density at radius 1 is 1.16 bits per heavy atom. The van der Waals surface area contributed by atoms with Gasteiger partial charge in [0, 0.05) is 25.8 Å². The number of carboxylic acids is 1. The summed E-state index contributed by atoms with van der Waals surface area (Å²) in [4.78, 5) is 47.5. The molecule has 1 spiro atoms. The summed E-state index contributed by atoms with van der Waals surface area (Å²) in [7, 11) is 1.65. The smallest absolute Gasteiger partial charge is 0.407 e. The number of carbonyl (C=O) groups is 4. The van der Waals surface area contributed by atoms with Gasteiger partial charge in [-0.05, 0) is 71.1 Å². The van der Waals surface area contributed by atoms with Crippen molar-refractivity contribution in [1.82, 2.24) is 10.6 Å². The third-order valence-electron chi connectivity index (χ3n) is 8.74. The van der Waals surface area contributed by atoms with Gasteiger partial charge in [0.05, 0.1) is 25.0 Å². The van der Waals surface area contributed by atoms with Gasteiger partial charge >= 0.3 is 12.1 Å². The van der Waals surface area contributed by atoms with Gasteiger partial charge in [0.25, 0.3) is 0 Å². The molecule has 2 saturated heterocycles. The van der Waals surface area contributed by atoms with E-state index in [1.807, 2.05) is 12.1 Å². The molecular formula is C32H45N3O9. The first kappa shape index (κ1) is 33.4. The molecule has 44 heavy (non-hydrogen) atoms. The molecule has 3 amide bonds. The lowest BCUT2D eigenvalue weighted by molar-refractivity contribution is -0.139. The molecule has 2 aliphatic heterocycles. The first-order valence-corrected chi connectivity index (χ1v) is 15.2. The maximum absolute atomic E-state index is 12.8. The van der Waals surface area contributed by atoms with E-state index in [0.717, 1.165) is 18.4 Å². The highest BCUT2D eigenvalue weighted by atomic mass is 16.6. The molecule has 2 heterocycles. The van der Waals surface area contributed by atoms with Crippen molar-refractivity contribution in [3.05, 3.63) is 41.5 Å². The zero-order valence-electron chi connectivity index (χ0n) is 26.1. The average molecular weight is 616 g/mol. The summed E-state index contributed by atoms with van der Waals surface area (Å²) >= 11 is 0. The summed E-state index contributed by atoms with van der Waals surface area (Å²) in [5.41, 5.74) is 2.05. The summed E-state index contributed by atoms with van der Waals surface area (Å²) in [6, 6.07) is 6.31. The van der Waals surface area contributed by atoms with Crippen LogP contribution in [0.2, 0.25) is 0 Å². The van der Waals surface area contributed by atoms with Crippen LogP contribution in [0.25, 0.3) is 0 Å². The third kappa shape index (κ3) is 8.36. The van der Waals surface area contributed by atoms with Crippen molar-refractivity contribution >= 4 is 29.6 Å². The van der Waals surface area contributed by atoms with Gasteiger partial charge in [-0.2, -0.15) is 0 Å². The van der Waals surface area contributed by atoms with Crippen LogP contribution >= 0.6 is 0 Å². The van der Waals surface area contributed by atoms with Crippen LogP contribution in [-0.4, -0.2) is 84.8 Å². The van der Waals surface area contributed by atoms with Crippen LogP contribution in [0, 0.1) is 5.92 Å². The summed E-state index contributed by atoms with van der Waals surface area (Å²) in [5.74, 6) is -2.05. The van der Waals surface area contributed by atoms with Crippen LogP contribution in [-0.2, 0) is 39.8 Å². The lowest BCUT2D eigenvalue weighted by atomic mass is 9.68. The molecule has 12 heteroatoms. The van der Waals surface area contributed by atoms with E-state index in [4.69, 9.17) is 24.1 Å². The Balaban J connectivity index is 1.22. The number of ether oxygens (including phenoxy) is 4. The molecule has 0 aromatic heterocycles. The summed E-state index contributed by atoms with van der Waals surface area (Å²) in [6.07, 6.45) is 3.30. The Labute approximate surface area is 258 Å². The van der Waals surface area contributed by atoms with E-state index in [1.54, 1.807) is 19.2 Å². The molecule has 3 fully saturated rings. The number of hydrogen-bond acceptors (Lipinski definition) is 8. The Hall–Kier alpha value is -3.48. The second kappa shape index (κ2) is 14.1. The van der Waals surface area contributed by atoms with E-state index < -0.39 is 41.6 Å². The Bertz CT molecular complexity index is 1240. The van der Waals surface area contributed by atoms with E-state index >= 15 is 0 Å². The van der Waals surface area contributed by atoms with Crippen molar-refractivity contribution in [3.8, 4) is 0 Å². The second-order valence-corrected chi connectivity index (χ2v) is 12.4. The van der Waals surface area contributed by atoms with Crippen LogP contribution in [0.4, 0.5) is 10.5 Å². The van der Waals surface area contributed by atoms with Crippen LogP contribution in [0.1, 0.15) is 65.4 Å². The van der Waals surface area contributed by atoms with Crippen molar-refractivity contribution in [2.24, 2.45) is 5.92 Å². The standard InChI is InChI=1S/C32H45N3O9/c1-19(2)6-11-24-31(4,44-24)28-27(41-5)23(14-16-32(28)18-42-32)43-30(40)33-17-15-21-7-9-22(10-8-21)35-29(39)20(3)34-25(36)12-13-26(37)38/h6-10,20,23-24,27-28H,11-18H2,1-5H3,(H,33,40)(H,34,36)(H,35,39)(H,37,38)/t20-,23+,24?,27+,28+,31+,32?/m0/s1. The molecule has 0 bridgehead atoms. The van der Waals surface area contributed by atoms with E-state index in [1.165, 1.54) is 12.5 Å². The largest absolute Gasteiger partial charge is 0.481 e. The normalized spacial score (nSPS) is 29.2. The molecule has 4 N–H and O–H groups in total. The zero-order valence-corrected chi connectivity index (χ0v) is 26.1. The van der Waals surface area contributed by atoms with Gasteiger partial charge in [0.2, 0.25) is 11.8 Å². The van der Waals surface area contributed by atoms with Crippen molar-refractivity contribution in [1.29, 1.82) is 0 Å². The number of carbonyl (C=O) groups excluding carboxylic acids is 3. The van der Waals surface area contributed by atoms with Crippen molar-refractivity contribution in [3.63, 3.8) is 0 Å². The highest BCUT2D eigenvalue weighted by Gasteiger charge is 2.72. The highest BCUT2D eigenvalue weighted by Crippen LogP contribution is 2.59. The minimum atomic E-state index is -1.08. The molecule has 3 aliphatic rings. The number of alkyl carbamates (subject to hydrolysis) is 1. The van der Waals surface area contributed by atoms with Gasteiger partial charge in [-0.25, -0.2) is 4.79 Å². The summed E-state index contributed by atoms with van der Waals surface area (Å²) < 4.78 is 24.0. The van der Waals surface area contributed by atoms with Crippen molar-refractivity contribution in [2.75, 3.05) is 25.6 Å². The van der Waals surface area contributed by atoms with Crippen molar-refractivity contribution < 1.29 is 43.2 Å². The zero-order chi connectivity index (χ0) is 32.1. The summed E-state index contributed by atoms with van der Waals surface area (Å²) in [6.45, 7) is 8.80. The monoisotopic (exact) mass is 615 g/mol. The number of benzene rings is 1. The molecule has 12 nitrogen and oxygen atoms in total. The van der Waals surface area contributed by atoms with Gasteiger partial charge < -0.3 is 40.0 Å². The van der Waals surface area contributed by atoms with E-state index in [9.17, 15) is 19.2 Å². The molecule has 1 aliphatic carbocycles. The highest BCUT2D eigenvalue weighted by molar-refractivity contribution is 5.97. The number of methoxy groups -OCH3 is 1. The molecule has 7 atom stereocenters. The molecule has 1 aromatic carbocycles. The van der Waals surface area contributed by atoms with Gasteiger partial charge in [-0.3, -0.25) is 14.4 Å². The maximum Gasteiger partial charge on any atom is 0.407 e. The topological polar surface area (TPSA) is 168 Å². The molecule has 0 radical (unpaired) electrons. The molecule has 1 saturated carbocycles. The van der Waals surface area contributed by atoms with Gasteiger partial charge in [0.15, 0.2) is 0 Å². The first-order valence-electron chi connectivity index (χ1n) is 15.2. The van der Waals surface area contributed by atoms with E-state index in [-0.39, 0.29) is 36.6 Å². The van der Waals surface area contributed by atoms with Gasteiger partial charge in [-0.15, -0.1) is 0 Å².